The Bertz CT molecular complexity index is 523. The predicted molar refractivity (Wildman–Crippen MR) is 68.1 cm³/mol. The van der Waals surface area contributed by atoms with Crippen LogP contribution in [0, 0.1) is 6.92 Å². The van der Waals surface area contributed by atoms with Gasteiger partial charge in [0.05, 0.1) is 14.2 Å². The maximum Gasteiger partial charge on any atom is 0.169 e. The van der Waals surface area contributed by atoms with Crippen LogP contribution < -0.4 is 14.8 Å². The van der Waals surface area contributed by atoms with Crippen molar-refractivity contribution in [3.8, 4) is 11.5 Å². The first kappa shape index (κ1) is 12.3. The van der Waals surface area contributed by atoms with E-state index in [0.29, 0.717) is 12.3 Å². The van der Waals surface area contributed by atoms with Gasteiger partial charge in [-0.05, 0) is 24.6 Å². The fraction of sp³-hybridized carbons (Fsp3) is 0.308. The fourth-order valence-electron chi connectivity index (χ4n) is 1.63. The molecule has 0 aliphatic rings. The minimum atomic E-state index is 0.645. The third-order valence-electron chi connectivity index (χ3n) is 2.55. The van der Waals surface area contributed by atoms with Crippen molar-refractivity contribution < 1.29 is 14.0 Å². The van der Waals surface area contributed by atoms with E-state index in [9.17, 15) is 0 Å². The predicted octanol–water partition coefficient (Wildman–Crippen LogP) is 2.61. The molecule has 0 bridgehead atoms. The van der Waals surface area contributed by atoms with E-state index >= 15 is 0 Å². The van der Waals surface area contributed by atoms with Gasteiger partial charge in [0.25, 0.3) is 0 Å². The van der Waals surface area contributed by atoms with Gasteiger partial charge in [0.1, 0.15) is 5.76 Å². The molecule has 96 valence electrons. The Morgan fingerprint density at radius 3 is 2.56 bits per heavy atom. The molecular formula is C13H16N2O3. The normalized spacial score (nSPS) is 10.2. The lowest BCUT2D eigenvalue weighted by Crippen LogP contribution is -2.00. The molecule has 0 atom stereocenters. The van der Waals surface area contributed by atoms with Crippen molar-refractivity contribution >= 4 is 5.82 Å². The first-order valence-corrected chi connectivity index (χ1v) is 5.61. The number of aromatic nitrogens is 1. The van der Waals surface area contributed by atoms with E-state index in [1.807, 2.05) is 31.2 Å². The molecule has 0 spiro atoms. The van der Waals surface area contributed by atoms with E-state index in [-0.39, 0.29) is 0 Å². The van der Waals surface area contributed by atoms with Crippen LogP contribution in [0.3, 0.4) is 0 Å². The van der Waals surface area contributed by atoms with Crippen molar-refractivity contribution in [3.05, 3.63) is 35.6 Å². The maximum absolute atomic E-state index is 5.25. The zero-order chi connectivity index (χ0) is 13.0. The maximum atomic E-state index is 5.25. The molecule has 2 rings (SSSR count). The van der Waals surface area contributed by atoms with Crippen LogP contribution in [0.4, 0.5) is 5.82 Å². The molecule has 2 aromatic rings. The van der Waals surface area contributed by atoms with Crippen molar-refractivity contribution in [2.24, 2.45) is 0 Å². The average Bonchev–Trinajstić information content (AvgIpc) is 2.81. The van der Waals surface area contributed by atoms with Crippen molar-refractivity contribution in [2.75, 3.05) is 19.5 Å². The van der Waals surface area contributed by atoms with Crippen molar-refractivity contribution in [1.29, 1.82) is 0 Å². The van der Waals surface area contributed by atoms with Gasteiger partial charge in [0, 0.05) is 12.6 Å². The highest BCUT2D eigenvalue weighted by molar-refractivity contribution is 5.44. The number of nitrogens with zero attached hydrogens (tertiary/aromatic N) is 1. The molecule has 0 unspecified atom stereocenters. The molecule has 1 aromatic carbocycles. The molecule has 0 amide bonds. The molecule has 0 aliphatic heterocycles. The van der Waals surface area contributed by atoms with Gasteiger partial charge in [-0.25, -0.2) is 0 Å². The van der Waals surface area contributed by atoms with E-state index in [4.69, 9.17) is 14.0 Å². The van der Waals surface area contributed by atoms with Gasteiger partial charge >= 0.3 is 0 Å². The molecule has 1 N–H and O–H groups in total. The molecular weight excluding hydrogens is 232 g/mol. The van der Waals surface area contributed by atoms with Gasteiger partial charge in [-0.15, -0.1) is 0 Å². The van der Waals surface area contributed by atoms with Crippen LogP contribution in [0.1, 0.15) is 11.3 Å². The minimum Gasteiger partial charge on any atom is -0.493 e. The van der Waals surface area contributed by atoms with Crippen molar-refractivity contribution in [2.45, 2.75) is 13.5 Å². The Kier molecular flexibility index (Phi) is 3.72. The third-order valence-corrected chi connectivity index (χ3v) is 2.55. The first-order valence-electron chi connectivity index (χ1n) is 5.61. The summed E-state index contributed by atoms with van der Waals surface area (Å²) >= 11 is 0. The quantitative estimate of drug-likeness (QED) is 0.881. The van der Waals surface area contributed by atoms with Gasteiger partial charge in [-0.3, -0.25) is 0 Å². The Morgan fingerprint density at radius 1 is 1.17 bits per heavy atom. The molecule has 0 aliphatic carbocycles. The van der Waals surface area contributed by atoms with Gasteiger partial charge < -0.3 is 19.3 Å². The molecule has 0 saturated carbocycles. The standard InChI is InChI=1S/C13H16N2O3/c1-9-6-13(15-18-9)14-8-10-4-5-11(16-2)12(7-10)17-3/h4-7H,8H2,1-3H3,(H,14,15). The molecule has 0 saturated heterocycles. The number of anilines is 1. The summed E-state index contributed by atoms with van der Waals surface area (Å²) in [5.74, 6) is 2.94. The smallest absolute Gasteiger partial charge is 0.169 e. The van der Waals surface area contributed by atoms with Crippen LogP contribution in [0.25, 0.3) is 0 Å². The Balaban J connectivity index is 2.05. The summed E-state index contributed by atoms with van der Waals surface area (Å²) in [6.45, 7) is 2.50. The summed E-state index contributed by atoms with van der Waals surface area (Å²) in [6, 6.07) is 7.63. The van der Waals surface area contributed by atoms with Crippen molar-refractivity contribution in [3.63, 3.8) is 0 Å². The number of ether oxygens (including phenoxy) is 2. The highest BCUT2D eigenvalue weighted by atomic mass is 16.5. The topological polar surface area (TPSA) is 56.5 Å². The minimum absolute atomic E-state index is 0.645. The number of benzene rings is 1. The second kappa shape index (κ2) is 5.44. The number of hydrogen-bond donors (Lipinski definition) is 1. The number of methoxy groups -OCH3 is 2. The van der Waals surface area contributed by atoms with E-state index in [1.165, 1.54) is 0 Å². The van der Waals surface area contributed by atoms with Crippen LogP contribution >= 0.6 is 0 Å². The number of rotatable bonds is 5. The highest BCUT2D eigenvalue weighted by Crippen LogP contribution is 2.27. The second-order valence-corrected chi connectivity index (χ2v) is 3.87. The Morgan fingerprint density at radius 2 is 1.94 bits per heavy atom. The van der Waals surface area contributed by atoms with Crippen LogP contribution in [0.2, 0.25) is 0 Å². The molecule has 0 radical (unpaired) electrons. The Hall–Kier alpha value is -2.17. The molecule has 1 aromatic heterocycles. The second-order valence-electron chi connectivity index (χ2n) is 3.87. The first-order chi connectivity index (χ1) is 8.72. The van der Waals surface area contributed by atoms with E-state index in [1.54, 1.807) is 14.2 Å². The lowest BCUT2D eigenvalue weighted by atomic mass is 10.2. The van der Waals surface area contributed by atoms with Gasteiger partial charge in [0.15, 0.2) is 17.3 Å². The fourth-order valence-corrected chi connectivity index (χ4v) is 1.63. The molecule has 18 heavy (non-hydrogen) atoms. The summed E-state index contributed by atoms with van der Waals surface area (Å²) in [6.07, 6.45) is 0. The van der Waals surface area contributed by atoms with Crippen LogP contribution in [-0.2, 0) is 6.54 Å². The van der Waals surface area contributed by atoms with E-state index < -0.39 is 0 Å². The Labute approximate surface area is 106 Å². The number of aryl methyl sites for hydroxylation is 1. The van der Waals surface area contributed by atoms with E-state index in [2.05, 4.69) is 10.5 Å². The largest absolute Gasteiger partial charge is 0.493 e. The van der Waals surface area contributed by atoms with Crippen molar-refractivity contribution in [1.82, 2.24) is 5.16 Å². The summed E-state index contributed by atoms with van der Waals surface area (Å²) in [4.78, 5) is 0. The summed E-state index contributed by atoms with van der Waals surface area (Å²) in [5.41, 5.74) is 1.08. The molecule has 5 heteroatoms. The third kappa shape index (κ3) is 2.74. The lowest BCUT2D eigenvalue weighted by Gasteiger charge is -2.09. The zero-order valence-electron chi connectivity index (χ0n) is 10.7. The van der Waals surface area contributed by atoms with Crippen LogP contribution in [0.5, 0.6) is 11.5 Å². The number of nitrogens with one attached hydrogen (secondary N) is 1. The van der Waals surface area contributed by atoms with Gasteiger partial charge in [0.2, 0.25) is 0 Å². The van der Waals surface area contributed by atoms with Gasteiger partial charge in [-0.2, -0.15) is 0 Å². The van der Waals surface area contributed by atoms with Crippen LogP contribution in [-0.4, -0.2) is 19.4 Å². The van der Waals surface area contributed by atoms with Crippen LogP contribution in [0.15, 0.2) is 28.8 Å². The summed E-state index contributed by atoms with van der Waals surface area (Å²) in [5, 5.41) is 7.03. The summed E-state index contributed by atoms with van der Waals surface area (Å²) < 4.78 is 15.4. The molecule has 1 heterocycles. The lowest BCUT2D eigenvalue weighted by molar-refractivity contribution is 0.354. The molecule has 5 nitrogen and oxygen atoms in total. The number of hydrogen-bond acceptors (Lipinski definition) is 5. The highest BCUT2D eigenvalue weighted by Gasteiger charge is 2.05. The monoisotopic (exact) mass is 248 g/mol. The van der Waals surface area contributed by atoms with E-state index in [0.717, 1.165) is 22.9 Å². The summed E-state index contributed by atoms with van der Waals surface area (Å²) in [7, 11) is 3.24. The van der Waals surface area contributed by atoms with Gasteiger partial charge in [-0.1, -0.05) is 11.2 Å². The molecule has 0 fully saturated rings. The zero-order valence-corrected chi connectivity index (χ0v) is 10.7. The SMILES string of the molecule is COc1ccc(CNc2cc(C)on2)cc1OC. The average molecular weight is 248 g/mol.